The van der Waals surface area contributed by atoms with Crippen LogP contribution >= 0.6 is 12.2 Å². The lowest BCUT2D eigenvalue weighted by Gasteiger charge is -2.23. The zero-order chi connectivity index (χ0) is 8.10. The van der Waals surface area contributed by atoms with Gasteiger partial charge in [-0.05, 0) is 25.1 Å². The molecule has 1 atom stereocenters. The van der Waals surface area contributed by atoms with Crippen molar-refractivity contribution in [3.05, 3.63) is 0 Å². The molecule has 0 aromatic carbocycles. The summed E-state index contributed by atoms with van der Waals surface area (Å²) in [6, 6.07) is 0.406. The van der Waals surface area contributed by atoms with Gasteiger partial charge in [-0.1, -0.05) is 0 Å². The average molecular weight is 174 g/mol. The summed E-state index contributed by atoms with van der Waals surface area (Å²) in [5.74, 6) is 0. The van der Waals surface area contributed by atoms with E-state index in [1.165, 1.54) is 0 Å². The van der Waals surface area contributed by atoms with Gasteiger partial charge in [0.05, 0.1) is 12.6 Å². The fourth-order valence-corrected chi connectivity index (χ4v) is 1.28. The molecule has 0 radical (unpaired) electrons. The first-order chi connectivity index (χ1) is 5.33. The van der Waals surface area contributed by atoms with E-state index in [0.29, 0.717) is 11.2 Å². The molecule has 1 saturated heterocycles. The van der Waals surface area contributed by atoms with E-state index >= 15 is 0 Å². The first kappa shape index (κ1) is 8.74. The molecule has 64 valence electrons. The minimum absolute atomic E-state index is 0.406. The molecule has 0 aromatic heterocycles. The van der Waals surface area contributed by atoms with Gasteiger partial charge in [0.15, 0.2) is 5.11 Å². The smallest absolute Gasteiger partial charge is 0.166 e. The van der Waals surface area contributed by atoms with Crippen molar-refractivity contribution in [2.45, 2.75) is 18.9 Å². The molecule has 1 heterocycles. The third-order valence-corrected chi connectivity index (χ3v) is 2.04. The van der Waals surface area contributed by atoms with Gasteiger partial charge in [-0.3, -0.25) is 0 Å². The van der Waals surface area contributed by atoms with Crippen LogP contribution in [-0.2, 0) is 4.74 Å². The molecule has 0 amide bonds. The highest BCUT2D eigenvalue weighted by molar-refractivity contribution is 7.80. The van der Waals surface area contributed by atoms with Gasteiger partial charge >= 0.3 is 0 Å². The van der Waals surface area contributed by atoms with Crippen molar-refractivity contribution in [2.75, 3.05) is 20.3 Å². The lowest BCUT2D eigenvalue weighted by molar-refractivity contribution is 0.0764. The second kappa shape index (κ2) is 4.51. The van der Waals surface area contributed by atoms with Gasteiger partial charge < -0.3 is 15.4 Å². The number of rotatable bonds is 1. The monoisotopic (exact) mass is 174 g/mol. The number of hydrogen-bond donors (Lipinski definition) is 2. The maximum atomic E-state index is 5.28. The Bertz CT molecular complexity index is 134. The average Bonchev–Trinajstić information content (AvgIpc) is 2.06. The lowest BCUT2D eigenvalue weighted by Crippen LogP contribution is -2.44. The summed E-state index contributed by atoms with van der Waals surface area (Å²) in [4.78, 5) is 0. The number of thiocarbonyl (C=S) groups is 1. The Balaban J connectivity index is 2.19. The number of ether oxygens (including phenoxy) is 1. The van der Waals surface area contributed by atoms with Crippen molar-refractivity contribution in [3.8, 4) is 0 Å². The Morgan fingerprint density at radius 3 is 3.00 bits per heavy atom. The molecule has 1 aliphatic heterocycles. The van der Waals surface area contributed by atoms with E-state index in [0.717, 1.165) is 26.1 Å². The van der Waals surface area contributed by atoms with E-state index in [1.54, 1.807) is 0 Å². The van der Waals surface area contributed by atoms with Gasteiger partial charge in [0, 0.05) is 13.7 Å². The summed E-state index contributed by atoms with van der Waals surface area (Å²) >= 11 is 4.96. The van der Waals surface area contributed by atoms with E-state index in [2.05, 4.69) is 10.6 Å². The molecule has 0 bridgehead atoms. The Morgan fingerprint density at radius 2 is 2.45 bits per heavy atom. The Labute approximate surface area is 72.5 Å². The third kappa shape index (κ3) is 3.03. The summed E-state index contributed by atoms with van der Waals surface area (Å²) < 4.78 is 5.28. The van der Waals surface area contributed by atoms with Crippen molar-refractivity contribution in [1.29, 1.82) is 0 Å². The Kier molecular flexibility index (Phi) is 3.59. The van der Waals surface area contributed by atoms with Gasteiger partial charge in [-0.25, -0.2) is 0 Å². The van der Waals surface area contributed by atoms with Crippen LogP contribution in [0.5, 0.6) is 0 Å². The molecule has 1 rings (SSSR count). The van der Waals surface area contributed by atoms with Crippen molar-refractivity contribution in [3.63, 3.8) is 0 Å². The molecule has 4 heteroatoms. The van der Waals surface area contributed by atoms with Gasteiger partial charge in [0.25, 0.3) is 0 Å². The van der Waals surface area contributed by atoms with E-state index in [1.807, 2.05) is 7.05 Å². The molecule has 0 aromatic rings. The normalized spacial score (nSPS) is 24.3. The van der Waals surface area contributed by atoms with E-state index in [9.17, 15) is 0 Å². The first-order valence-electron chi connectivity index (χ1n) is 3.89. The van der Waals surface area contributed by atoms with Crippen molar-refractivity contribution >= 4 is 17.3 Å². The fourth-order valence-electron chi connectivity index (χ4n) is 1.11. The third-order valence-electron chi connectivity index (χ3n) is 1.72. The zero-order valence-electron chi connectivity index (χ0n) is 6.72. The summed E-state index contributed by atoms with van der Waals surface area (Å²) in [6.07, 6.45) is 2.28. The SMILES string of the molecule is CNC(=S)N[C@H]1CCCOC1. The summed E-state index contributed by atoms with van der Waals surface area (Å²) in [5, 5.41) is 6.75. The maximum Gasteiger partial charge on any atom is 0.166 e. The van der Waals surface area contributed by atoms with Crippen molar-refractivity contribution in [2.24, 2.45) is 0 Å². The quantitative estimate of drug-likeness (QED) is 0.559. The molecule has 0 saturated carbocycles. The second-order valence-electron chi connectivity index (χ2n) is 2.64. The lowest BCUT2D eigenvalue weighted by atomic mass is 10.1. The van der Waals surface area contributed by atoms with Crippen molar-refractivity contribution < 1.29 is 4.74 Å². The molecule has 1 aliphatic rings. The second-order valence-corrected chi connectivity index (χ2v) is 3.05. The van der Waals surface area contributed by atoms with Crippen molar-refractivity contribution in [1.82, 2.24) is 10.6 Å². The predicted molar refractivity (Wildman–Crippen MR) is 48.6 cm³/mol. The van der Waals surface area contributed by atoms with Crippen LogP contribution in [0.1, 0.15) is 12.8 Å². The largest absolute Gasteiger partial charge is 0.379 e. The summed E-state index contributed by atoms with van der Waals surface area (Å²) in [6.45, 7) is 1.67. The zero-order valence-corrected chi connectivity index (χ0v) is 7.54. The molecular weight excluding hydrogens is 160 g/mol. The van der Waals surface area contributed by atoms with E-state index in [4.69, 9.17) is 17.0 Å². The van der Waals surface area contributed by atoms with Gasteiger partial charge in [-0.2, -0.15) is 0 Å². The van der Waals surface area contributed by atoms with Crippen LogP contribution in [0.4, 0.5) is 0 Å². The maximum absolute atomic E-state index is 5.28. The minimum Gasteiger partial charge on any atom is -0.379 e. The van der Waals surface area contributed by atoms with Crippen LogP contribution < -0.4 is 10.6 Å². The molecule has 1 fully saturated rings. The highest BCUT2D eigenvalue weighted by Crippen LogP contribution is 2.04. The van der Waals surface area contributed by atoms with E-state index in [-0.39, 0.29) is 0 Å². The van der Waals surface area contributed by atoms with Crippen LogP contribution in [0.15, 0.2) is 0 Å². The van der Waals surface area contributed by atoms with Gasteiger partial charge in [0.2, 0.25) is 0 Å². The summed E-state index contributed by atoms with van der Waals surface area (Å²) in [7, 11) is 1.82. The number of nitrogens with one attached hydrogen (secondary N) is 2. The predicted octanol–water partition coefficient (Wildman–Crippen LogP) is 0.259. The van der Waals surface area contributed by atoms with Crippen LogP contribution in [0.2, 0.25) is 0 Å². The van der Waals surface area contributed by atoms with Crippen LogP contribution in [0.3, 0.4) is 0 Å². The fraction of sp³-hybridized carbons (Fsp3) is 0.857. The standard InChI is InChI=1S/C7H14N2OS/c1-8-7(11)9-6-3-2-4-10-5-6/h6H,2-5H2,1H3,(H2,8,9,11)/t6-/m0/s1. The molecule has 2 N–H and O–H groups in total. The Hall–Kier alpha value is -0.350. The summed E-state index contributed by atoms with van der Waals surface area (Å²) in [5.41, 5.74) is 0. The van der Waals surface area contributed by atoms with E-state index < -0.39 is 0 Å². The van der Waals surface area contributed by atoms with Crippen LogP contribution in [0, 0.1) is 0 Å². The number of hydrogen-bond acceptors (Lipinski definition) is 2. The molecule has 0 aliphatic carbocycles. The molecular formula is C7H14N2OS. The van der Waals surface area contributed by atoms with Crippen LogP contribution in [0.25, 0.3) is 0 Å². The topological polar surface area (TPSA) is 33.3 Å². The molecule has 3 nitrogen and oxygen atoms in total. The Morgan fingerprint density at radius 1 is 1.64 bits per heavy atom. The first-order valence-corrected chi connectivity index (χ1v) is 4.29. The molecule has 11 heavy (non-hydrogen) atoms. The van der Waals surface area contributed by atoms with Gasteiger partial charge in [0.1, 0.15) is 0 Å². The van der Waals surface area contributed by atoms with Crippen LogP contribution in [-0.4, -0.2) is 31.4 Å². The highest BCUT2D eigenvalue weighted by atomic mass is 32.1. The van der Waals surface area contributed by atoms with Gasteiger partial charge in [-0.15, -0.1) is 0 Å². The minimum atomic E-state index is 0.406. The molecule has 0 spiro atoms. The highest BCUT2D eigenvalue weighted by Gasteiger charge is 2.13. The molecule has 0 unspecified atom stereocenters.